The smallest absolute Gasteiger partial charge is 0.320 e. The van der Waals surface area contributed by atoms with E-state index in [1.165, 1.54) is 0 Å². The van der Waals surface area contributed by atoms with Gasteiger partial charge in [-0.1, -0.05) is 5.21 Å². The number of aromatic nitrogens is 4. The highest BCUT2D eigenvalue weighted by atomic mass is 16.4. The fourth-order valence-electron chi connectivity index (χ4n) is 3.43. The number of aromatic amines is 1. The Hall–Kier alpha value is -1.54. The zero-order valence-electron chi connectivity index (χ0n) is 11.2. The van der Waals surface area contributed by atoms with Gasteiger partial charge in [0.2, 0.25) is 0 Å². The lowest BCUT2D eigenvalue weighted by Gasteiger charge is -2.41. The quantitative estimate of drug-likeness (QED) is 0.588. The second-order valence-electron chi connectivity index (χ2n) is 5.77. The molecule has 0 unspecified atom stereocenters. The summed E-state index contributed by atoms with van der Waals surface area (Å²) in [5.41, 5.74) is 0. The molecular weight excluding hydrogens is 260 g/mol. The number of H-pyrrole nitrogens is 1. The number of rotatable bonds is 4. The maximum Gasteiger partial charge on any atom is 0.320 e. The third-order valence-corrected chi connectivity index (χ3v) is 4.54. The average Bonchev–Trinajstić information content (AvgIpc) is 2.97. The molecule has 1 saturated heterocycles. The Balaban J connectivity index is 1.52. The highest BCUT2D eigenvalue weighted by Crippen LogP contribution is 2.35. The molecular formula is C12H20N6O2. The van der Waals surface area contributed by atoms with E-state index in [-0.39, 0.29) is 6.04 Å². The van der Waals surface area contributed by atoms with E-state index in [2.05, 4.69) is 31.3 Å². The Labute approximate surface area is 116 Å². The summed E-state index contributed by atoms with van der Waals surface area (Å²) in [6, 6.07) is 0.0366. The van der Waals surface area contributed by atoms with E-state index in [1.54, 1.807) is 0 Å². The number of fused-ring (bicyclic) bond motifs is 1. The first-order valence-electron chi connectivity index (χ1n) is 7.14. The van der Waals surface area contributed by atoms with Gasteiger partial charge in [0.15, 0.2) is 5.82 Å². The molecule has 4 N–H and O–H groups in total. The Morgan fingerprint density at radius 3 is 3.00 bits per heavy atom. The molecule has 4 atom stereocenters. The number of tetrazole rings is 1. The highest BCUT2D eigenvalue weighted by Gasteiger charge is 2.37. The summed E-state index contributed by atoms with van der Waals surface area (Å²) < 4.78 is 0. The van der Waals surface area contributed by atoms with Crippen molar-refractivity contribution in [3.8, 4) is 0 Å². The zero-order valence-corrected chi connectivity index (χ0v) is 11.2. The van der Waals surface area contributed by atoms with Crippen molar-refractivity contribution in [1.29, 1.82) is 0 Å². The monoisotopic (exact) mass is 280 g/mol. The Bertz CT molecular complexity index is 451. The second kappa shape index (κ2) is 5.84. The molecule has 2 fully saturated rings. The lowest BCUT2D eigenvalue weighted by molar-refractivity contribution is -0.141. The molecule has 2 heterocycles. The zero-order chi connectivity index (χ0) is 13.9. The van der Waals surface area contributed by atoms with Crippen LogP contribution in [0, 0.1) is 11.8 Å². The molecule has 1 aliphatic carbocycles. The van der Waals surface area contributed by atoms with Crippen molar-refractivity contribution < 1.29 is 9.90 Å². The van der Waals surface area contributed by atoms with Crippen LogP contribution in [0.1, 0.15) is 31.5 Å². The van der Waals surface area contributed by atoms with Gasteiger partial charge >= 0.3 is 5.97 Å². The Morgan fingerprint density at radius 2 is 2.25 bits per heavy atom. The van der Waals surface area contributed by atoms with Gasteiger partial charge in [-0.15, -0.1) is 10.2 Å². The van der Waals surface area contributed by atoms with Crippen molar-refractivity contribution in [3.05, 3.63) is 5.82 Å². The van der Waals surface area contributed by atoms with E-state index < -0.39 is 5.97 Å². The van der Waals surface area contributed by atoms with Crippen LogP contribution in [0.5, 0.6) is 0 Å². The predicted molar refractivity (Wildman–Crippen MR) is 69.7 cm³/mol. The number of hydrogen-bond donors (Lipinski definition) is 4. The number of nitrogens with zero attached hydrogens (tertiary/aromatic N) is 3. The van der Waals surface area contributed by atoms with Crippen molar-refractivity contribution in [2.75, 3.05) is 6.54 Å². The van der Waals surface area contributed by atoms with Crippen molar-refractivity contribution in [2.24, 2.45) is 11.8 Å². The van der Waals surface area contributed by atoms with E-state index in [0.29, 0.717) is 30.2 Å². The van der Waals surface area contributed by atoms with Crippen LogP contribution in [0.4, 0.5) is 0 Å². The van der Waals surface area contributed by atoms with Gasteiger partial charge in [-0.25, -0.2) is 0 Å². The maximum atomic E-state index is 11.1. The molecule has 1 aromatic heterocycles. The normalized spacial score (nSPS) is 33.6. The molecule has 2 aliphatic rings. The van der Waals surface area contributed by atoms with Gasteiger partial charge in [0.1, 0.15) is 6.04 Å². The minimum Gasteiger partial charge on any atom is -0.480 e. The van der Waals surface area contributed by atoms with E-state index in [4.69, 9.17) is 5.11 Å². The maximum absolute atomic E-state index is 11.1. The summed E-state index contributed by atoms with van der Waals surface area (Å²) in [7, 11) is 0. The lowest BCUT2D eigenvalue weighted by Crippen LogP contribution is -2.51. The van der Waals surface area contributed by atoms with Crippen molar-refractivity contribution in [1.82, 2.24) is 31.3 Å². The molecule has 0 bridgehead atoms. The second-order valence-corrected chi connectivity index (χ2v) is 5.77. The van der Waals surface area contributed by atoms with Crippen LogP contribution in [-0.2, 0) is 11.3 Å². The Morgan fingerprint density at radius 1 is 1.35 bits per heavy atom. The SMILES string of the molecule is O=C(O)[C@@H]1C[C@H]2C[C@@H](NCc3nn[nH]n3)CC[C@H]2CN1. The summed E-state index contributed by atoms with van der Waals surface area (Å²) >= 11 is 0. The summed E-state index contributed by atoms with van der Waals surface area (Å²) in [4.78, 5) is 11.1. The minimum atomic E-state index is -0.731. The lowest BCUT2D eigenvalue weighted by atomic mass is 9.72. The number of carboxylic acids is 1. The first-order chi connectivity index (χ1) is 9.72. The number of nitrogens with one attached hydrogen (secondary N) is 3. The third-order valence-electron chi connectivity index (χ3n) is 4.54. The number of hydrogen-bond acceptors (Lipinski definition) is 6. The summed E-state index contributed by atoms with van der Waals surface area (Å²) in [5.74, 6) is 1.05. The van der Waals surface area contributed by atoms with Gasteiger partial charge in [-0.05, 0) is 44.1 Å². The largest absolute Gasteiger partial charge is 0.480 e. The molecule has 8 heteroatoms. The molecule has 1 saturated carbocycles. The third kappa shape index (κ3) is 2.96. The Kier molecular flexibility index (Phi) is 3.93. The topological polar surface area (TPSA) is 116 Å². The van der Waals surface area contributed by atoms with Gasteiger partial charge in [0.25, 0.3) is 0 Å². The molecule has 3 rings (SSSR count). The first kappa shape index (κ1) is 13.4. The molecule has 8 nitrogen and oxygen atoms in total. The molecule has 0 amide bonds. The van der Waals surface area contributed by atoms with Crippen molar-refractivity contribution >= 4 is 5.97 Å². The minimum absolute atomic E-state index is 0.382. The average molecular weight is 280 g/mol. The number of carbonyl (C=O) groups is 1. The van der Waals surface area contributed by atoms with Crippen LogP contribution >= 0.6 is 0 Å². The van der Waals surface area contributed by atoms with Crippen LogP contribution in [0.15, 0.2) is 0 Å². The van der Waals surface area contributed by atoms with E-state index in [1.807, 2.05) is 0 Å². The molecule has 110 valence electrons. The fourth-order valence-corrected chi connectivity index (χ4v) is 3.43. The molecule has 0 spiro atoms. The number of carboxylic acid groups (broad SMARTS) is 1. The van der Waals surface area contributed by atoms with E-state index in [0.717, 1.165) is 32.2 Å². The van der Waals surface area contributed by atoms with Crippen LogP contribution in [0.2, 0.25) is 0 Å². The molecule has 0 radical (unpaired) electrons. The standard InChI is InChI=1S/C12H20N6O2/c19-12(20)10-4-8-3-9(2-1-7(8)5-14-10)13-6-11-15-17-18-16-11/h7-10,13-14H,1-6H2,(H,19,20)(H,15,16,17,18)/t7-,8+,9-,10-/m0/s1. The van der Waals surface area contributed by atoms with Crippen molar-refractivity contribution in [3.63, 3.8) is 0 Å². The van der Waals surface area contributed by atoms with Crippen molar-refractivity contribution in [2.45, 2.75) is 44.3 Å². The van der Waals surface area contributed by atoms with Crippen LogP contribution in [0.3, 0.4) is 0 Å². The van der Waals surface area contributed by atoms with Gasteiger partial charge in [0, 0.05) is 6.04 Å². The number of aliphatic carboxylic acids is 1. The molecule has 20 heavy (non-hydrogen) atoms. The highest BCUT2D eigenvalue weighted by molar-refractivity contribution is 5.73. The molecule has 1 aliphatic heterocycles. The van der Waals surface area contributed by atoms with Gasteiger partial charge in [0.05, 0.1) is 6.54 Å². The first-order valence-corrected chi connectivity index (χ1v) is 7.14. The van der Waals surface area contributed by atoms with Gasteiger partial charge in [-0.2, -0.15) is 5.21 Å². The number of piperidine rings is 1. The van der Waals surface area contributed by atoms with E-state index in [9.17, 15) is 4.79 Å². The van der Waals surface area contributed by atoms with Crippen LogP contribution in [0.25, 0.3) is 0 Å². The van der Waals surface area contributed by atoms with E-state index >= 15 is 0 Å². The molecule has 0 aromatic carbocycles. The van der Waals surface area contributed by atoms with Crippen LogP contribution < -0.4 is 10.6 Å². The summed E-state index contributed by atoms with van der Waals surface area (Å²) in [6.45, 7) is 1.44. The molecule has 1 aromatic rings. The van der Waals surface area contributed by atoms with Gasteiger partial charge in [-0.3, -0.25) is 4.79 Å². The summed E-state index contributed by atoms with van der Waals surface area (Å²) in [6.07, 6.45) is 4.04. The van der Waals surface area contributed by atoms with Crippen LogP contribution in [-0.4, -0.2) is 50.3 Å². The predicted octanol–water partition coefficient (Wildman–Crippen LogP) is -0.479. The summed E-state index contributed by atoms with van der Waals surface area (Å²) in [5, 5.41) is 29.5. The fraction of sp³-hybridized carbons (Fsp3) is 0.833. The van der Waals surface area contributed by atoms with Gasteiger partial charge < -0.3 is 15.7 Å².